The predicted molar refractivity (Wildman–Crippen MR) is 49.2 cm³/mol. The first-order valence-corrected chi connectivity index (χ1v) is 3.84. The summed E-state index contributed by atoms with van der Waals surface area (Å²) in [6.07, 6.45) is 0. The molecule has 0 atom stereocenters. The van der Waals surface area contributed by atoms with Gasteiger partial charge in [0.25, 0.3) is 5.92 Å². The zero-order valence-electron chi connectivity index (χ0n) is 7.35. The summed E-state index contributed by atoms with van der Waals surface area (Å²) in [4.78, 5) is 0. The highest BCUT2D eigenvalue weighted by molar-refractivity contribution is 5.60. The van der Waals surface area contributed by atoms with Gasteiger partial charge in [-0.2, -0.15) is 0 Å². The molecule has 1 rings (SSSR count). The highest BCUT2D eigenvalue weighted by atomic mass is 19.3. The molecule has 0 aliphatic heterocycles. The summed E-state index contributed by atoms with van der Waals surface area (Å²) in [6.45, 7) is 4.33. The van der Waals surface area contributed by atoms with Gasteiger partial charge in [-0.1, -0.05) is 24.8 Å². The highest BCUT2D eigenvalue weighted by Crippen LogP contribution is 2.27. The van der Waals surface area contributed by atoms with Crippen molar-refractivity contribution in [2.24, 2.45) is 5.73 Å². The summed E-state index contributed by atoms with van der Waals surface area (Å²) in [6, 6.07) is 5.91. The molecule has 1 aromatic carbocycles. The third kappa shape index (κ3) is 2.28. The molecule has 0 unspecified atom stereocenters. The van der Waals surface area contributed by atoms with E-state index in [0.717, 1.165) is 6.92 Å². The average molecular weight is 183 g/mol. The van der Waals surface area contributed by atoms with Crippen LogP contribution in [0.2, 0.25) is 0 Å². The Morgan fingerprint density at radius 3 is 2.54 bits per heavy atom. The van der Waals surface area contributed by atoms with E-state index in [1.165, 1.54) is 12.1 Å². The van der Waals surface area contributed by atoms with Gasteiger partial charge in [0.15, 0.2) is 0 Å². The van der Waals surface area contributed by atoms with E-state index >= 15 is 0 Å². The molecule has 0 aromatic heterocycles. The highest BCUT2D eigenvalue weighted by Gasteiger charge is 2.24. The lowest BCUT2D eigenvalue weighted by atomic mass is 10.1. The van der Waals surface area contributed by atoms with Gasteiger partial charge in [-0.15, -0.1) is 0 Å². The van der Waals surface area contributed by atoms with Gasteiger partial charge in [0.1, 0.15) is 0 Å². The van der Waals surface area contributed by atoms with Crippen molar-refractivity contribution in [2.45, 2.75) is 12.8 Å². The maximum atomic E-state index is 12.8. The lowest BCUT2D eigenvalue weighted by Gasteiger charge is -2.11. The molecule has 0 saturated carbocycles. The number of rotatable bonds is 2. The van der Waals surface area contributed by atoms with Crippen LogP contribution in [0.15, 0.2) is 30.8 Å². The number of benzene rings is 1. The van der Waals surface area contributed by atoms with Crippen LogP contribution in [0.25, 0.3) is 5.70 Å². The third-order valence-electron chi connectivity index (χ3n) is 1.74. The number of alkyl halides is 2. The summed E-state index contributed by atoms with van der Waals surface area (Å²) >= 11 is 0. The first-order valence-electron chi connectivity index (χ1n) is 3.84. The molecule has 0 aliphatic rings. The molecule has 0 aliphatic carbocycles. The maximum absolute atomic E-state index is 12.8. The van der Waals surface area contributed by atoms with Crippen LogP contribution in [0.3, 0.4) is 0 Å². The summed E-state index contributed by atoms with van der Waals surface area (Å²) in [5, 5.41) is 0. The molecular formula is C10H11F2N. The van der Waals surface area contributed by atoms with Gasteiger partial charge < -0.3 is 5.73 Å². The Morgan fingerprint density at radius 1 is 1.46 bits per heavy atom. The van der Waals surface area contributed by atoms with E-state index in [-0.39, 0.29) is 5.56 Å². The van der Waals surface area contributed by atoms with Gasteiger partial charge in [-0.25, -0.2) is 8.78 Å². The second-order valence-electron chi connectivity index (χ2n) is 2.99. The van der Waals surface area contributed by atoms with E-state index in [4.69, 9.17) is 5.73 Å². The minimum atomic E-state index is -2.83. The van der Waals surface area contributed by atoms with E-state index in [1.807, 2.05) is 0 Å². The van der Waals surface area contributed by atoms with E-state index in [9.17, 15) is 8.78 Å². The van der Waals surface area contributed by atoms with Crippen LogP contribution in [-0.4, -0.2) is 0 Å². The van der Waals surface area contributed by atoms with Crippen molar-refractivity contribution in [1.82, 2.24) is 0 Å². The molecule has 2 N–H and O–H groups in total. The molecule has 0 amide bonds. The molecule has 70 valence electrons. The molecular weight excluding hydrogens is 172 g/mol. The van der Waals surface area contributed by atoms with Crippen molar-refractivity contribution >= 4 is 5.70 Å². The molecule has 0 heterocycles. The molecule has 0 saturated heterocycles. The smallest absolute Gasteiger partial charge is 0.270 e. The zero-order valence-corrected chi connectivity index (χ0v) is 7.35. The molecule has 13 heavy (non-hydrogen) atoms. The molecule has 1 nitrogen and oxygen atoms in total. The van der Waals surface area contributed by atoms with Crippen LogP contribution in [0.5, 0.6) is 0 Å². The third-order valence-corrected chi connectivity index (χ3v) is 1.74. The average Bonchev–Trinajstić information content (AvgIpc) is 2.03. The van der Waals surface area contributed by atoms with Gasteiger partial charge in [-0.3, -0.25) is 0 Å². The lowest BCUT2D eigenvalue weighted by molar-refractivity contribution is 0.0174. The molecule has 1 aromatic rings. The normalized spacial score (nSPS) is 11.3. The number of hydrogen-bond donors (Lipinski definition) is 1. The minimum absolute atomic E-state index is 0.0448. The Hall–Kier alpha value is -1.38. The molecule has 3 heteroatoms. The second kappa shape index (κ2) is 3.17. The second-order valence-corrected chi connectivity index (χ2v) is 2.99. The maximum Gasteiger partial charge on any atom is 0.270 e. The summed E-state index contributed by atoms with van der Waals surface area (Å²) in [5.74, 6) is -2.83. The number of nitrogens with two attached hydrogens (primary N) is 1. The van der Waals surface area contributed by atoms with E-state index in [2.05, 4.69) is 6.58 Å². The quantitative estimate of drug-likeness (QED) is 0.749. The van der Waals surface area contributed by atoms with E-state index in [1.54, 1.807) is 12.1 Å². The fourth-order valence-electron chi connectivity index (χ4n) is 0.992. The summed E-state index contributed by atoms with van der Waals surface area (Å²) < 4.78 is 25.7. The van der Waals surface area contributed by atoms with Crippen molar-refractivity contribution in [3.05, 3.63) is 42.0 Å². The Kier molecular flexibility index (Phi) is 2.36. The van der Waals surface area contributed by atoms with Crippen LogP contribution in [0, 0.1) is 0 Å². The lowest BCUT2D eigenvalue weighted by Crippen LogP contribution is -2.07. The van der Waals surface area contributed by atoms with Crippen molar-refractivity contribution in [1.29, 1.82) is 0 Å². The van der Waals surface area contributed by atoms with Crippen LogP contribution >= 0.6 is 0 Å². The van der Waals surface area contributed by atoms with Crippen LogP contribution in [-0.2, 0) is 5.92 Å². The Morgan fingerprint density at radius 2 is 2.08 bits per heavy atom. The van der Waals surface area contributed by atoms with Crippen LogP contribution in [0.1, 0.15) is 18.1 Å². The first-order chi connectivity index (χ1) is 5.91. The van der Waals surface area contributed by atoms with Gasteiger partial charge in [0, 0.05) is 18.2 Å². The zero-order chi connectivity index (χ0) is 10.1. The van der Waals surface area contributed by atoms with Gasteiger partial charge in [0.05, 0.1) is 0 Å². The summed E-state index contributed by atoms with van der Waals surface area (Å²) in [5.41, 5.74) is 6.18. The monoisotopic (exact) mass is 183 g/mol. The minimum Gasteiger partial charge on any atom is -0.399 e. The van der Waals surface area contributed by atoms with Crippen LogP contribution in [0.4, 0.5) is 8.78 Å². The van der Waals surface area contributed by atoms with Gasteiger partial charge in [-0.05, 0) is 11.6 Å². The standard InChI is InChI=1S/C10H11F2N/c1-7(13)8-4-3-5-9(6-8)10(2,11)12/h3-6H,1,13H2,2H3. The Balaban J connectivity index is 3.13. The summed E-state index contributed by atoms with van der Waals surface area (Å²) in [7, 11) is 0. The largest absolute Gasteiger partial charge is 0.399 e. The fraction of sp³-hybridized carbons (Fsp3) is 0.200. The molecule has 0 fully saturated rings. The van der Waals surface area contributed by atoms with Gasteiger partial charge in [0.2, 0.25) is 0 Å². The topological polar surface area (TPSA) is 26.0 Å². The molecule has 0 bridgehead atoms. The van der Waals surface area contributed by atoms with E-state index < -0.39 is 5.92 Å². The Bertz CT molecular complexity index is 326. The SMILES string of the molecule is C=C(N)c1cccc(C(C)(F)F)c1. The molecule has 0 radical (unpaired) electrons. The Labute approximate surface area is 75.9 Å². The fourth-order valence-corrected chi connectivity index (χ4v) is 0.992. The van der Waals surface area contributed by atoms with Crippen molar-refractivity contribution < 1.29 is 8.78 Å². The van der Waals surface area contributed by atoms with E-state index in [0.29, 0.717) is 11.3 Å². The number of halogens is 2. The molecule has 0 spiro atoms. The van der Waals surface area contributed by atoms with Gasteiger partial charge >= 0.3 is 0 Å². The predicted octanol–water partition coefficient (Wildman–Crippen LogP) is 2.73. The number of hydrogen-bond acceptors (Lipinski definition) is 1. The van der Waals surface area contributed by atoms with Crippen molar-refractivity contribution in [2.75, 3.05) is 0 Å². The van der Waals surface area contributed by atoms with Crippen LogP contribution < -0.4 is 5.73 Å². The van der Waals surface area contributed by atoms with Crippen molar-refractivity contribution in [3.63, 3.8) is 0 Å². The first kappa shape index (κ1) is 9.71. The van der Waals surface area contributed by atoms with Crippen molar-refractivity contribution in [3.8, 4) is 0 Å².